The lowest BCUT2D eigenvalue weighted by Gasteiger charge is -1.97. The van der Waals surface area contributed by atoms with Gasteiger partial charge in [0.15, 0.2) is 0 Å². The topological polar surface area (TPSA) is 17.1 Å². The number of carbonyl (C=O) groups is 1. The lowest BCUT2D eigenvalue weighted by Crippen LogP contribution is -1.88. The van der Waals surface area contributed by atoms with Crippen LogP contribution in [0, 0.1) is 3.57 Å². The smallest absolute Gasteiger partial charge is 0.222 e. The third-order valence-corrected chi connectivity index (χ3v) is 4.09. The van der Waals surface area contributed by atoms with E-state index in [0.717, 1.165) is 13.6 Å². The Kier molecular flexibility index (Phi) is 3.76. The van der Waals surface area contributed by atoms with Gasteiger partial charge in [-0.3, -0.25) is 4.79 Å². The van der Waals surface area contributed by atoms with E-state index >= 15 is 0 Å². The lowest BCUT2D eigenvalue weighted by atomic mass is 10.2. The highest BCUT2D eigenvalue weighted by molar-refractivity contribution is 14.1. The van der Waals surface area contributed by atoms with Crippen molar-refractivity contribution < 1.29 is 4.79 Å². The third kappa shape index (κ3) is 2.66. The molecule has 0 saturated carbocycles. The van der Waals surface area contributed by atoms with Crippen LogP contribution in [0.3, 0.4) is 0 Å². The van der Waals surface area contributed by atoms with Crippen LogP contribution in [0.15, 0.2) is 22.7 Å². The van der Waals surface area contributed by atoms with Gasteiger partial charge in [0.05, 0.1) is 0 Å². The maximum Gasteiger partial charge on any atom is 0.222 e. The quantitative estimate of drug-likeness (QED) is 0.485. The molecule has 0 aliphatic carbocycles. The van der Waals surface area contributed by atoms with Crippen molar-refractivity contribution in [3.05, 3.63) is 31.8 Å². The molecule has 1 aromatic carbocycles. The van der Waals surface area contributed by atoms with Gasteiger partial charge in [0.25, 0.3) is 0 Å². The van der Waals surface area contributed by atoms with Gasteiger partial charge in [-0.05, 0) is 56.7 Å². The van der Waals surface area contributed by atoms with Crippen LogP contribution in [0.1, 0.15) is 10.4 Å². The van der Waals surface area contributed by atoms with E-state index < -0.39 is 0 Å². The molecule has 0 N–H and O–H groups in total. The van der Waals surface area contributed by atoms with Crippen molar-refractivity contribution in [2.24, 2.45) is 0 Å². The number of hydrogen-bond acceptors (Lipinski definition) is 1. The van der Waals surface area contributed by atoms with Gasteiger partial charge in [0.1, 0.15) is 0 Å². The first-order chi connectivity index (χ1) is 5.11. The Morgan fingerprint density at radius 1 is 1.45 bits per heavy atom. The Balaban J connectivity index is 3.15. The molecule has 4 heteroatoms. The predicted octanol–water partition coefficient (Wildman–Crippen LogP) is 3.63. The molecule has 1 aromatic rings. The van der Waals surface area contributed by atoms with Gasteiger partial charge in [-0.25, -0.2) is 0 Å². The minimum absolute atomic E-state index is 0.0769. The molecule has 0 aromatic heterocycles. The van der Waals surface area contributed by atoms with Gasteiger partial charge in [0.2, 0.25) is 3.79 Å². The molecule has 58 valence electrons. The average Bonchev–Trinajstić information content (AvgIpc) is 1.94. The normalized spacial score (nSPS) is 9.73. The molecule has 0 heterocycles. The minimum Gasteiger partial charge on any atom is -0.282 e. The molecule has 0 radical (unpaired) electrons. The molecule has 0 saturated heterocycles. The number of carbonyl (C=O) groups excluding carboxylic acids is 1. The Labute approximate surface area is 100 Å². The summed E-state index contributed by atoms with van der Waals surface area (Å²) in [6.45, 7) is 0. The van der Waals surface area contributed by atoms with Crippen molar-refractivity contribution in [3.63, 3.8) is 0 Å². The molecule has 0 amide bonds. The summed E-state index contributed by atoms with van der Waals surface area (Å²) in [5.74, 6) is 0. The zero-order chi connectivity index (χ0) is 8.43. The first-order valence-corrected chi connectivity index (χ1v) is 5.71. The molecule has 1 nitrogen and oxygen atoms in total. The molecule has 0 atom stereocenters. The number of rotatable bonds is 1. The van der Waals surface area contributed by atoms with Crippen LogP contribution >= 0.6 is 61.1 Å². The zero-order valence-electron chi connectivity index (χ0n) is 5.27. The second kappa shape index (κ2) is 4.18. The maximum atomic E-state index is 10.9. The van der Waals surface area contributed by atoms with Crippen molar-refractivity contribution in [3.8, 4) is 0 Å². The van der Waals surface area contributed by atoms with Gasteiger partial charge >= 0.3 is 0 Å². The maximum absolute atomic E-state index is 10.9. The highest BCUT2D eigenvalue weighted by Gasteiger charge is 2.02. The molecule has 0 bridgehead atoms. The summed E-state index contributed by atoms with van der Waals surface area (Å²) in [7, 11) is 0. The van der Waals surface area contributed by atoms with Gasteiger partial charge in [-0.15, -0.1) is 0 Å². The van der Waals surface area contributed by atoms with Crippen molar-refractivity contribution in [2.75, 3.05) is 0 Å². The summed E-state index contributed by atoms with van der Waals surface area (Å²) < 4.78 is 2.16. The van der Waals surface area contributed by atoms with E-state index in [9.17, 15) is 4.79 Å². The fraction of sp³-hybridized carbons (Fsp3) is 0. The van der Waals surface area contributed by atoms with Crippen LogP contribution in [0.25, 0.3) is 0 Å². The van der Waals surface area contributed by atoms with Crippen molar-refractivity contribution in [1.29, 1.82) is 0 Å². The summed E-state index contributed by atoms with van der Waals surface area (Å²) in [5, 5.41) is 0. The van der Waals surface area contributed by atoms with Crippen LogP contribution in [0.5, 0.6) is 0 Å². The van der Waals surface area contributed by atoms with E-state index in [4.69, 9.17) is 0 Å². The molecule has 11 heavy (non-hydrogen) atoms. The van der Waals surface area contributed by atoms with E-state index in [-0.39, 0.29) is 3.79 Å². The van der Waals surface area contributed by atoms with Gasteiger partial charge in [-0.2, -0.15) is 0 Å². The fourth-order valence-electron chi connectivity index (χ4n) is 0.618. The van der Waals surface area contributed by atoms with Crippen LogP contribution in [-0.2, 0) is 0 Å². The average molecular weight is 437 g/mol. The second-order valence-electron chi connectivity index (χ2n) is 1.90. The summed E-state index contributed by atoms with van der Waals surface area (Å²) in [6.07, 6.45) is 0. The predicted molar refractivity (Wildman–Crippen MR) is 65.2 cm³/mol. The fourth-order valence-corrected chi connectivity index (χ4v) is 1.72. The summed E-state index contributed by atoms with van der Waals surface area (Å²) in [5.41, 5.74) is 0.748. The van der Waals surface area contributed by atoms with Crippen LogP contribution in [0.2, 0.25) is 0 Å². The van der Waals surface area contributed by atoms with E-state index in [1.807, 2.05) is 12.1 Å². The first kappa shape index (κ1) is 9.91. The number of halogens is 3. The van der Waals surface area contributed by atoms with Gasteiger partial charge in [0, 0.05) is 36.2 Å². The zero-order valence-corrected chi connectivity index (χ0v) is 11.2. The third-order valence-electron chi connectivity index (χ3n) is 1.15. The Bertz CT molecular complexity index is 298. The number of hydrogen-bond donors (Lipinski definition) is 0. The molecule has 0 spiro atoms. The monoisotopic (exact) mass is 436 g/mol. The second-order valence-corrected chi connectivity index (χ2v) is 4.90. The molecular weight excluding hydrogens is 434 g/mol. The largest absolute Gasteiger partial charge is 0.282 e. The number of benzene rings is 1. The van der Waals surface area contributed by atoms with Gasteiger partial charge in [-0.1, -0.05) is 0 Å². The van der Waals surface area contributed by atoms with E-state index in [1.54, 1.807) is 28.7 Å². The standard InChI is InChI=1S/C7H3BrI2O/c8-5-2-1-4(7(10)11)3-6(5)9/h1-3H. The Morgan fingerprint density at radius 2 is 2.09 bits per heavy atom. The van der Waals surface area contributed by atoms with Crippen LogP contribution < -0.4 is 0 Å². The molecule has 0 aliphatic rings. The van der Waals surface area contributed by atoms with Crippen LogP contribution in [-0.4, -0.2) is 3.79 Å². The van der Waals surface area contributed by atoms with Gasteiger partial charge < -0.3 is 0 Å². The van der Waals surface area contributed by atoms with Crippen LogP contribution in [0.4, 0.5) is 0 Å². The van der Waals surface area contributed by atoms with Crippen molar-refractivity contribution >= 4 is 64.9 Å². The first-order valence-electron chi connectivity index (χ1n) is 2.76. The summed E-state index contributed by atoms with van der Waals surface area (Å²) in [6, 6.07) is 5.55. The van der Waals surface area contributed by atoms with E-state index in [0.29, 0.717) is 0 Å². The van der Waals surface area contributed by atoms with Crippen molar-refractivity contribution in [1.82, 2.24) is 0 Å². The summed E-state index contributed by atoms with van der Waals surface area (Å²) in [4.78, 5) is 10.9. The summed E-state index contributed by atoms with van der Waals surface area (Å²) >= 11 is 7.32. The molecular formula is C7H3BrI2O. The molecule has 0 aliphatic heterocycles. The lowest BCUT2D eigenvalue weighted by molar-refractivity contribution is 0.110. The Morgan fingerprint density at radius 3 is 2.55 bits per heavy atom. The molecule has 0 unspecified atom stereocenters. The molecule has 0 fully saturated rings. The highest BCUT2D eigenvalue weighted by Crippen LogP contribution is 2.21. The Hall–Kier alpha value is 0.830. The van der Waals surface area contributed by atoms with Crippen molar-refractivity contribution in [2.45, 2.75) is 0 Å². The highest BCUT2D eigenvalue weighted by atomic mass is 127. The molecule has 1 rings (SSSR count). The minimum atomic E-state index is 0.0769. The van der Waals surface area contributed by atoms with E-state index in [2.05, 4.69) is 38.5 Å². The SMILES string of the molecule is O=C(I)c1ccc(Br)c(I)c1. The van der Waals surface area contributed by atoms with E-state index in [1.165, 1.54) is 0 Å².